The first-order chi connectivity index (χ1) is 6.83. The summed E-state index contributed by atoms with van der Waals surface area (Å²) in [5.74, 6) is 0. The average Bonchev–Trinajstić information content (AvgIpc) is 2.23. The van der Waals surface area contributed by atoms with Crippen molar-refractivity contribution in [3.8, 4) is 0 Å². The SMILES string of the molecule is S=C=Nc1cnc2cccnc2c1Cl. The summed E-state index contributed by atoms with van der Waals surface area (Å²) in [6.45, 7) is 0. The van der Waals surface area contributed by atoms with Crippen molar-refractivity contribution >= 4 is 45.7 Å². The summed E-state index contributed by atoms with van der Waals surface area (Å²) in [5, 5.41) is 2.70. The monoisotopic (exact) mass is 221 g/mol. The molecule has 0 spiro atoms. The molecule has 0 fully saturated rings. The summed E-state index contributed by atoms with van der Waals surface area (Å²) in [5.41, 5.74) is 1.86. The number of fused-ring (bicyclic) bond motifs is 1. The molecule has 3 nitrogen and oxygen atoms in total. The van der Waals surface area contributed by atoms with E-state index in [1.807, 2.05) is 6.07 Å². The average molecular weight is 222 g/mol. The largest absolute Gasteiger partial charge is 0.253 e. The van der Waals surface area contributed by atoms with E-state index in [0.717, 1.165) is 5.52 Å². The van der Waals surface area contributed by atoms with Crippen LogP contribution in [0.3, 0.4) is 0 Å². The van der Waals surface area contributed by atoms with Gasteiger partial charge < -0.3 is 0 Å². The lowest BCUT2D eigenvalue weighted by Gasteiger charge is -1.99. The molecule has 0 saturated heterocycles. The van der Waals surface area contributed by atoms with Crippen molar-refractivity contribution < 1.29 is 0 Å². The van der Waals surface area contributed by atoms with Gasteiger partial charge in [0, 0.05) is 6.20 Å². The quantitative estimate of drug-likeness (QED) is 0.549. The fourth-order valence-corrected chi connectivity index (χ4v) is 1.44. The molecule has 0 saturated carbocycles. The normalized spacial score (nSPS) is 9.79. The van der Waals surface area contributed by atoms with Gasteiger partial charge in [-0.3, -0.25) is 9.97 Å². The molecule has 0 radical (unpaired) electrons. The Labute approximate surface area is 90.5 Å². The van der Waals surface area contributed by atoms with Crippen LogP contribution in [0.1, 0.15) is 0 Å². The van der Waals surface area contributed by atoms with E-state index in [0.29, 0.717) is 16.2 Å². The molecule has 14 heavy (non-hydrogen) atoms. The lowest BCUT2D eigenvalue weighted by molar-refractivity contribution is 1.32. The van der Waals surface area contributed by atoms with E-state index < -0.39 is 0 Å². The van der Waals surface area contributed by atoms with E-state index in [2.05, 4.69) is 32.3 Å². The van der Waals surface area contributed by atoms with Crippen LogP contribution in [0, 0.1) is 0 Å². The lowest BCUT2D eigenvalue weighted by Crippen LogP contribution is -1.83. The molecule has 0 aliphatic carbocycles. The number of pyridine rings is 2. The van der Waals surface area contributed by atoms with Gasteiger partial charge >= 0.3 is 0 Å². The summed E-state index contributed by atoms with van der Waals surface area (Å²) in [6.07, 6.45) is 3.20. The van der Waals surface area contributed by atoms with Gasteiger partial charge in [0.15, 0.2) is 0 Å². The highest BCUT2D eigenvalue weighted by Gasteiger charge is 2.05. The van der Waals surface area contributed by atoms with Crippen LogP contribution < -0.4 is 0 Å². The number of aromatic nitrogens is 2. The third-order valence-corrected chi connectivity index (χ3v) is 2.18. The van der Waals surface area contributed by atoms with Gasteiger partial charge in [-0.25, -0.2) is 0 Å². The molecule has 5 heteroatoms. The first-order valence-corrected chi connectivity index (χ1v) is 4.58. The number of halogens is 1. The van der Waals surface area contributed by atoms with Crippen molar-refractivity contribution in [1.29, 1.82) is 0 Å². The summed E-state index contributed by atoms with van der Waals surface area (Å²) in [4.78, 5) is 12.0. The van der Waals surface area contributed by atoms with Gasteiger partial charge in [0.1, 0.15) is 11.2 Å². The Hall–Kier alpha value is -1.35. The van der Waals surface area contributed by atoms with Gasteiger partial charge in [0.25, 0.3) is 0 Å². The molecule has 0 aliphatic rings. The van der Waals surface area contributed by atoms with Crippen LogP contribution in [0.5, 0.6) is 0 Å². The molecule has 0 unspecified atom stereocenters. The maximum atomic E-state index is 6.04. The Balaban J connectivity index is 2.81. The molecule has 0 aliphatic heterocycles. The Morgan fingerprint density at radius 1 is 1.43 bits per heavy atom. The minimum absolute atomic E-state index is 0.452. The summed E-state index contributed by atoms with van der Waals surface area (Å²) < 4.78 is 0. The Morgan fingerprint density at radius 3 is 3.07 bits per heavy atom. The number of nitrogens with zero attached hydrogens (tertiary/aromatic N) is 3. The molecule has 2 heterocycles. The smallest absolute Gasteiger partial charge is 0.113 e. The van der Waals surface area contributed by atoms with E-state index in [1.165, 1.54) is 0 Å². The van der Waals surface area contributed by atoms with Crippen molar-refractivity contribution in [2.45, 2.75) is 0 Å². The highest BCUT2D eigenvalue weighted by Crippen LogP contribution is 2.29. The predicted octanol–water partition coefficient (Wildman–Crippen LogP) is 3.02. The minimum atomic E-state index is 0.452. The van der Waals surface area contributed by atoms with E-state index in [1.54, 1.807) is 18.5 Å². The van der Waals surface area contributed by atoms with Crippen LogP contribution in [0.4, 0.5) is 5.69 Å². The molecule has 0 aromatic carbocycles. The van der Waals surface area contributed by atoms with Gasteiger partial charge in [-0.05, 0) is 24.4 Å². The van der Waals surface area contributed by atoms with Crippen molar-refractivity contribution in [2.75, 3.05) is 0 Å². The number of isothiocyanates is 1. The number of hydrogen-bond donors (Lipinski definition) is 0. The van der Waals surface area contributed by atoms with Gasteiger partial charge in [-0.15, -0.1) is 0 Å². The Kier molecular flexibility index (Phi) is 2.50. The van der Waals surface area contributed by atoms with E-state index in [9.17, 15) is 0 Å². The zero-order valence-corrected chi connectivity index (χ0v) is 8.51. The van der Waals surface area contributed by atoms with Crippen LogP contribution >= 0.6 is 23.8 Å². The van der Waals surface area contributed by atoms with Crippen molar-refractivity contribution in [2.24, 2.45) is 4.99 Å². The van der Waals surface area contributed by atoms with Gasteiger partial charge in [-0.2, -0.15) is 4.99 Å². The number of aliphatic imine (C=N–C) groups is 1. The molecular weight excluding hydrogens is 218 g/mol. The van der Waals surface area contributed by atoms with Crippen molar-refractivity contribution in [1.82, 2.24) is 9.97 Å². The standard InChI is InChI=1S/C9H4ClN3S/c10-8-7(13-5-14)4-12-6-2-1-3-11-9(6)8/h1-4H. The van der Waals surface area contributed by atoms with Gasteiger partial charge in [-0.1, -0.05) is 11.6 Å². The molecular formula is C9H4ClN3S. The topological polar surface area (TPSA) is 38.1 Å². The summed E-state index contributed by atoms with van der Waals surface area (Å²) in [7, 11) is 0. The molecule has 2 aromatic rings. The summed E-state index contributed by atoms with van der Waals surface area (Å²) in [6, 6.07) is 3.63. The predicted molar refractivity (Wildman–Crippen MR) is 59.2 cm³/mol. The third kappa shape index (κ3) is 1.51. The van der Waals surface area contributed by atoms with Crippen LogP contribution in [-0.4, -0.2) is 15.1 Å². The zero-order chi connectivity index (χ0) is 9.97. The van der Waals surface area contributed by atoms with Crippen LogP contribution in [0.2, 0.25) is 5.02 Å². The highest BCUT2D eigenvalue weighted by atomic mass is 35.5. The Bertz CT molecular complexity index is 535. The second kappa shape index (κ2) is 3.80. The number of rotatable bonds is 1. The maximum Gasteiger partial charge on any atom is 0.113 e. The second-order valence-electron chi connectivity index (χ2n) is 2.53. The highest BCUT2D eigenvalue weighted by molar-refractivity contribution is 7.78. The van der Waals surface area contributed by atoms with E-state index in [4.69, 9.17) is 11.6 Å². The Morgan fingerprint density at radius 2 is 2.29 bits per heavy atom. The number of thiocarbonyl (C=S) groups is 1. The van der Waals surface area contributed by atoms with Crippen molar-refractivity contribution in [3.05, 3.63) is 29.5 Å². The lowest BCUT2D eigenvalue weighted by atomic mass is 10.3. The third-order valence-electron chi connectivity index (χ3n) is 1.71. The summed E-state index contributed by atoms with van der Waals surface area (Å²) >= 11 is 10.5. The van der Waals surface area contributed by atoms with Crippen molar-refractivity contribution in [3.63, 3.8) is 0 Å². The molecule has 0 atom stereocenters. The zero-order valence-electron chi connectivity index (χ0n) is 6.94. The molecule has 2 aromatic heterocycles. The van der Waals surface area contributed by atoms with Crippen LogP contribution in [0.15, 0.2) is 29.5 Å². The van der Waals surface area contributed by atoms with Crippen LogP contribution in [0.25, 0.3) is 11.0 Å². The molecule has 68 valence electrons. The van der Waals surface area contributed by atoms with Gasteiger partial charge in [0.2, 0.25) is 0 Å². The molecule has 0 amide bonds. The molecule has 0 bridgehead atoms. The first-order valence-electron chi connectivity index (χ1n) is 3.80. The fraction of sp³-hybridized carbons (Fsp3) is 0. The second-order valence-corrected chi connectivity index (χ2v) is 3.09. The fourth-order valence-electron chi connectivity index (χ4n) is 1.11. The maximum absolute atomic E-state index is 6.04. The number of hydrogen-bond acceptors (Lipinski definition) is 4. The van der Waals surface area contributed by atoms with Crippen LogP contribution in [-0.2, 0) is 0 Å². The van der Waals surface area contributed by atoms with E-state index >= 15 is 0 Å². The first kappa shape index (κ1) is 9.21. The minimum Gasteiger partial charge on any atom is -0.253 e. The van der Waals surface area contributed by atoms with Gasteiger partial charge in [0.05, 0.1) is 21.9 Å². The molecule has 0 N–H and O–H groups in total. The van der Waals surface area contributed by atoms with E-state index in [-0.39, 0.29) is 0 Å². The molecule has 2 rings (SSSR count).